The number of amides is 1. The molecule has 0 aliphatic rings. The highest BCUT2D eigenvalue weighted by atomic mass is 32.1. The molecule has 0 radical (unpaired) electrons. The molecule has 1 N–H and O–H groups in total. The summed E-state index contributed by atoms with van der Waals surface area (Å²) in [7, 11) is 0. The topological polar surface area (TPSA) is 64.1 Å². The van der Waals surface area contributed by atoms with Crippen LogP contribution in [0.25, 0.3) is 10.6 Å². The molecular formula is C21H23N3O2S. The third kappa shape index (κ3) is 5.37. The van der Waals surface area contributed by atoms with E-state index in [1.54, 1.807) is 23.7 Å². The van der Waals surface area contributed by atoms with Crippen molar-refractivity contribution in [3.05, 3.63) is 64.9 Å². The summed E-state index contributed by atoms with van der Waals surface area (Å²) < 4.78 is 5.84. The zero-order chi connectivity index (χ0) is 19.1. The molecule has 0 aliphatic carbocycles. The van der Waals surface area contributed by atoms with Gasteiger partial charge in [0.15, 0.2) is 0 Å². The lowest BCUT2D eigenvalue weighted by Gasteiger charge is -2.11. The maximum Gasteiger partial charge on any atom is 0.220 e. The van der Waals surface area contributed by atoms with E-state index in [0.29, 0.717) is 26.0 Å². The number of carbonyl (C=O) groups is 1. The quantitative estimate of drug-likeness (QED) is 0.591. The lowest BCUT2D eigenvalue weighted by molar-refractivity contribution is -0.121. The van der Waals surface area contributed by atoms with Gasteiger partial charge in [-0.2, -0.15) is 0 Å². The smallest absolute Gasteiger partial charge is 0.220 e. The second-order valence-corrected chi connectivity index (χ2v) is 7.19. The largest absolute Gasteiger partial charge is 0.493 e. The fraction of sp³-hybridized carbons (Fsp3) is 0.286. The predicted molar refractivity (Wildman–Crippen MR) is 108 cm³/mol. The number of para-hydroxylation sites is 1. The summed E-state index contributed by atoms with van der Waals surface area (Å²) in [5.74, 6) is 0.930. The first-order chi connectivity index (χ1) is 13.1. The number of benzene rings is 1. The van der Waals surface area contributed by atoms with Gasteiger partial charge in [0, 0.05) is 29.8 Å². The van der Waals surface area contributed by atoms with Crippen LogP contribution in [0.4, 0.5) is 0 Å². The van der Waals surface area contributed by atoms with Crippen molar-refractivity contribution in [3.63, 3.8) is 0 Å². The van der Waals surface area contributed by atoms with E-state index in [9.17, 15) is 4.79 Å². The Kier molecular flexibility index (Phi) is 6.54. The van der Waals surface area contributed by atoms with E-state index in [4.69, 9.17) is 4.74 Å². The Balaban J connectivity index is 1.40. The van der Waals surface area contributed by atoms with Crippen molar-refractivity contribution < 1.29 is 9.53 Å². The number of nitrogens with one attached hydrogen (secondary N) is 1. The van der Waals surface area contributed by atoms with Crippen LogP contribution >= 0.6 is 11.3 Å². The summed E-state index contributed by atoms with van der Waals surface area (Å²) in [4.78, 5) is 20.7. The molecule has 140 valence electrons. The van der Waals surface area contributed by atoms with Crippen molar-refractivity contribution in [1.29, 1.82) is 0 Å². The summed E-state index contributed by atoms with van der Waals surface area (Å²) in [6, 6.07) is 9.94. The van der Waals surface area contributed by atoms with E-state index >= 15 is 0 Å². The predicted octanol–water partition coefficient (Wildman–Crippen LogP) is 4.30. The van der Waals surface area contributed by atoms with E-state index in [1.165, 1.54) is 0 Å². The Labute approximate surface area is 163 Å². The van der Waals surface area contributed by atoms with Crippen molar-refractivity contribution >= 4 is 17.2 Å². The number of rotatable bonds is 8. The van der Waals surface area contributed by atoms with Crippen LogP contribution in [0.1, 0.15) is 29.7 Å². The number of nitrogens with zero attached hydrogens (tertiary/aromatic N) is 2. The van der Waals surface area contributed by atoms with Crippen LogP contribution < -0.4 is 10.1 Å². The van der Waals surface area contributed by atoms with E-state index in [1.807, 2.05) is 49.6 Å². The van der Waals surface area contributed by atoms with E-state index < -0.39 is 0 Å². The minimum Gasteiger partial charge on any atom is -0.493 e. The molecule has 1 amide bonds. The Bertz CT molecular complexity index is 873. The van der Waals surface area contributed by atoms with Crippen LogP contribution in [0.3, 0.4) is 0 Å². The van der Waals surface area contributed by atoms with Gasteiger partial charge in [-0.05, 0) is 43.5 Å². The van der Waals surface area contributed by atoms with Gasteiger partial charge in [0.2, 0.25) is 5.91 Å². The molecule has 0 saturated carbocycles. The van der Waals surface area contributed by atoms with Crippen LogP contribution in [0.2, 0.25) is 0 Å². The number of thiazole rings is 1. The Morgan fingerprint density at radius 3 is 2.74 bits per heavy atom. The molecule has 0 atom stereocenters. The number of carbonyl (C=O) groups excluding carboxylic acids is 1. The van der Waals surface area contributed by atoms with Gasteiger partial charge in [-0.25, -0.2) is 4.98 Å². The number of aryl methyl sites for hydroxylation is 2. The molecule has 5 nitrogen and oxygen atoms in total. The zero-order valence-corrected chi connectivity index (χ0v) is 16.4. The van der Waals surface area contributed by atoms with Gasteiger partial charge in [-0.1, -0.05) is 18.2 Å². The third-order valence-electron chi connectivity index (χ3n) is 4.13. The minimum atomic E-state index is 0.0102. The summed E-state index contributed by atoms with van der Waals surface area (Å²) in [5, 5.41) is 5.80. The van der Waals surface area contributed by atoms with Gasteiger partial charge in [0.1, 0.15) is 10.8 Å². The van der Waals surface area contributed by atoms with Gasteiger partial charge in [0.05, 0.1) is 18.8 Å². The highest BCUT2D eigenvalue weighted by molar-refractivity contribution is 7.13. The second kappa shape index (κ2) is 9.28. The molecule has 1 aromatic carbocycles. The summed E-state index contributed by atoms with van der Waals surface area (Å²) >= 11 is 1.55. The fourth-order valence-electron chi connectivity index (χ4n) is 2.72. The Morgan fingerprint density at radius 2 is 2.00 bits per heavy atom. The molecule has 2 heterocycles. The monoisotopic (exact) mass is 381 g/mol. The maximum atomic E-state index is 12.0. The molecule has 3 aromatic rings. The molecule has 0 bridgehead atoms. The van der Waals surface area contributed by atoms with Crippen molar-refractivity contribution in [2.45, 2.75) is 33.2 Å². The van der Waals surface area contributed by atoms with Gasteiger partial charge >= 0.3 is 0 Å². The average molecular weight is 382 g/mol. The number of hydrogen-bond donors (Lipinski definition) is 1. The first kappa shape index (κ1) is 19.0. The van der Waals surface area contributed by atoms with Crippen molar-refractivity contribution in [2.75, 3.05) is 6.61 Å². The summed E-state index contributed by atoms with van der Waals surface area (Å²) in [5.41, 5.74) is 4.09. The average Bonchev–Trinajstić information content (AvgIpc) is 3.15. The first-order valence-electron chi connectivity index (χ1n) is 8.94. The molecular weight excluding hydrogens is 358 g/mol. The van der Waals surface area contributed by atoms with Gasteiger partial charge < -0.3 is 10.1 Å². The van der Waals surface area contributed by atoms with Crippen LogP contribution in [-0.2, 0) is 11.3 Å². The lowest BCUT2D eigenvalue weighted by atomic mass is 10.1. The first-order valence-corrected chi connectivity index (χ1v) is 9.82. The van der Waals surface area contributed by atoms with E-state index in [2.05, 4.69) is 15.3 Å². The normalized spacial score (nSPS) is 10.6. The molecule has 27 heavy (non-hydrogen) atoms. The standard InChI is InChI=1S/C21H23N3O2S/c1-15-6-3-7-16(2)20(15)26-11-5-9-19(25)23-13-18-14-27-21(24-18)17-8-4-10-22-12-17/h3-4,6-8,10,12,14H,5,9,11,13H2,1-2H3,(H,23,25). The molecule has 2 aromatic heterocycles. The molecule has 0 aliphatic heterocycles. The number of hydrogen-bond acceptors (Lipinski definition) is 5. The summed E-state index contributed by atoms with van der Waals surface area (Å²) in [6.07, 6.45) is 4.64. The zero-order valence-electron chi connectivity index (χ0n) is 15.6. The number of aromatic nitrogens is 2. The molecule has 0 saturated heterocycles. The van der Waals surface area contributed by atoms with Crippen molar-refractivity contribution in [1.82, 2.24) is 15.3 Å². The Hall–Kier alpha value is -2.73. The van der Waals surface area contributed by atoms with Crippen LogP contribution in [-0.4, -0.2) is 22.5 Å². The second-order valence-electron chi connectivity index (χ2n) is 6.34. The molecule has 0 fully saturated rings. The van der Waals surface area contributed by atoms with Gasteiger partial charge in [-0.15, -0.1) is 11.3 Å². The van der Waals surface area contributed by atoms with Crippen molar-refractivity contribution in [2.24, 2.45) is 0 Å². The maximum absolute atomic E-state index is 12.0. The number of pyridine rings is 1. The minimum absolute atomic E-state index is 0.0102. The molecule has 0 spiro atoms. The molecule has 3 rings (SSSR count). The third-order valence-corrected chi connectivity index (χ3v) is 5.07. The van der Waals surface area contributed by atoms with Crippen LogP contribution in [0.5, 0.6) is 5.75 Å². The number of ether oxygens (including phenoxy) is 1. The molecule has 6 heteroatoms. The van der Waals surface area contributed by atoms with Crippen LogP contribution in [0, 0.1) is 13.8 Å². The highest BCUT2D eigenvalue weighted by Crippen LogP contribution is 2.23. The van der Waals surface area contributed by atoms with Crippen molar-refractivity contribution in [3.8, 4) is 16.3 Å². The molecule has 0 unspecified atom stereocenters. The van der Waals surface area contributed by atoms with E-state index in [0.717, 1.165) is 33.1 Å². The highest BCUT2D eigenvalue weighted by Gasteiger charge is 2.08. The SMILES string of the molecule is Cc1cccc(C)c1OCCCC(=O)NCc1csc(-c2cccnc2)n1. The van der Waals surface area contributed by atoms with E-state index in [-0.39, 0.29) is 5.91 Å². The van der Waals surface area contributed by atoms with Gasteiger partial charge in [-0.3, -0.25) is 9.78 Å². The van der Waals surface area contributed by atoms with Crippen LogP contribution in [0.15, 0.2) is 48.1 Å². The lowest BCUT2D eigenvalue weighted by Crippen LogP contribution is -2.23. The Morgan fingerprint density at radius 1 is 1.19 bits per heavy atom. The summed E-state index contributed by atoms with van der Waals surface area (Å²) in [6.45, 7) is 5.03. The fourth-order valence-corrected chi connectivity index (χ4v) is 3.53. The van der Waals surface area contributed by atoms with Gasteiger partial charge in [0.25, 0.3) is 0 Å².